The number of hydrogen-bond donors (Lipinski definition) is 3. The molecule has 1 amide bonds. The molecule has 1 aromatic rings. The zero-order valence-electron chi connectivity index (χ0n) is 9.64. The van der Waals surface area contributed by atoms with E-state index in [9.17, 15) is 4.79 Å². The molecule has 1 aliphatic heterocycles. The first kappa shape index (κ1) is 13.8. The fourth-order valence-corrected chi connectivity index (χ4v) is 1.68. The molecular weight excluding hydrogens is 240 g/mol. The van der Waals surface area contributed by atoms with Crippen molar-refractivity contribution in [3.05, 3.63) is 24.3 Å². The van der Waals surface area contributed by atoms with Crippen LogP contribution in [0.4, 0.5) is 5.69 Å². The Morgan fingerprint density at radius 3 is 2.47 bits per heavy atom. The summed E-state index contributed by atoms with van der Waals surface area (Å²) in [6.45, 7) is 3.79. The molecule has 2 rings (SSSR count). The van der Waals surface area contributed by atoms with Crippen LogP contribution in [0.25, 0.3) is 0 Å². The number of phenolic OH excluding ortho intramolecular Hbond substituents is 1. The molecule has 1 saturated heterocycles. The molecule has 1 atom stereocenters. The Morgan fingerprint density at radius 1 is 1.41 bits per heavy atom. The van der Waals surface area contributed by atoms with E-state index in [0.29, 0.717) is 5.92 Å². The Bertz CT molecular complexity index is 377. The molecule has 0 radical (unpaired) electrons. The van der Waals surface area contributed by atoms with Crippen LogP contribution in [0.1, 0.15) is 6.92 Å². The Hall–Kier alpha value is -1.26. The number of nitrogens with one attached hydrogen (secondary N) is 2. The van der Waals surface area contributed by atoms with Crippen molar-refractivity contribution in [2.24, 2.45) is 11.8 Å². The van der Waals surface area contributed by atoms with Gasteiger partial charge in [-0.1, -0.05) is 6.92 Å². The molecule has 94 valence electrons. The number of aromatic hydroxyl groups is 1. The Labute approximate surface area is 107 Å². The predicted molar refractivity (Wildman–Crippen MR) is 69.5 cm³/mol. The third-order valence-corrected chi connectivity index (χ3v) is 3.07. The highest BCUT2D eigenvalue weighted by atomic mass is 35.5. The van der Waals surface area contributed by atoms with Crippen LogP contribution in [0.5, 0.6) is 5.75 Å². The number of amides is 1. The van der Waals surface area contributed by atoms with Crippen molar-refractivity contribution < 1.29 is 9.90 Å². The van der Waals surface area contributed by atoms with Crippen molar-refractivity contribution in [3.63, 3.8) is 0 Å². The van der Waals surface area contributed by atoms with Gasteiger partial charge in [0.15, 0.2) is 0 Å². The second-order valence-electron chi connectivity index (χ2n) is 4.24. The first-order valence-electron chi connectivity index (χ1n) is 5.47. The number of halogens is 1. The minimum Gasteiger partial charge on any atom is -0.508 e. The van der Waals surface area contributed by atoms with Gasteiger partial charge < -0.3 is 15.7 Å². The minimum atomic E-state index is 0. The van der Waals surface area contributed by atoms with E-state index in [1.807, 2.05) is 6.92 Å². The van der Waals surface area contributed by atoms with Crippen molar-refractivity contribution >= 4 is 24.0 Å². The van der Waals surface area contributed by atoms with Gasteiger partial charge in [0.25, 0.3) is 0 Å². The molecule has 0 bridgehead atoms. The third-order valence-electron chi connectivity index (χ3n) is 3.07. The molecule has 0 saturated carbocycles. The maximum absolute atomic E-state index is 11.8. The van der Waals surface area contributed by atoms with Crippen LogP contribution >= 0.6 is 12.4 Å². The number of hydrogen-bond acceptors (Lipinski definition) is 3. The Balaban J connectivity index is 0.00000144. The van der Waals surface area contributed by atoms with Crippen LogP contribution in [0.2, 0.25) is 0 Å². The maximum Gasteiger partial charge on any atom is 0.227 e. The fraction of sp³-hybridized carbons (Fsp3) is 0.417. The van der Waals surface area contributed by atoms with Gasteiger partial charge in [-0.05, 0) is 43.3 Å². The molecule has 0 spiro atoms. The summed E-state index contributed by atoms with van der Waals surface area (Å²) < 4.78 is 0. The molecular formula is C12H17ClN2O2. The van der Waals surface area contributed by atoms with Crippen molar-refractivity contribution in [2.45, 2.75) is 6.92 Å². The molecule has 1 unspecified atom stereocenters. The minimum absolute atomic E-state index is 0. The Morgan fingerprint density at radius 2 is 2.00 bits per heavy atom. The molecule has 1 fully saturated rings. The van der Waals surface area contributed by atoms with E-state index in [0.717, 1.165) is 18.8 Å². The highest BCUT2D eigenvalue weighted by Crippen LogP contribution is 2.19. The summed E-state index contributed by atoms with van der Waals surface area (Å²) in [7, 11) is 0. The number of phenols is 1. The monoisotopic (exact) mass is 256 g/mol. The van der Waals surface area contributed by atoms with Gasteiger partial charge in [-0.25, -0.2) is 0 Å². The van der Waals surface area contributed by atoms with E-state index in [2.05, 4.69) is 10.6 Å². The van der Waals surface area contributed by atoms with Crippen LogP contribution in [-0.2, 0) is 4.79 Å². The van der Waals surface area contributed by atoms with Crippen molar-refractivity contribution in [1.29, 1.82) is 0 Å². The van der Waals surface area contributed by atoms with Crippen molar-refractivity contribution in [1.82, 2.24) is 5.32 Å². The van der Waals surface area contributed by atoms with Gasteiger partial charge in [0.05, 0.1) is 0 Å². The first-order valence-corrected chi connectivity index (χ1v) is 5.47. The normalized spacial score (nSPS) is 16.5. The molecule has 0 aromatic heterocycles. The summed E-state index contributed by atoms with van der Waals surface area (Å²) in [6, 6.07) is 6.51. The topological polar surface area (TPSA) is 61.4 Å². The standard InChI is InChI=1S/C12H16N2O2.ClH/c1-8(9-6-13-7-9)12(16)14-10-2-4-11(15)5-3-10;/h2-5,8-9,13,15H,6-7H2,1H3,(H,14,16);1H. The molecule has 1 aliphatic rings. The predicted octanol–water partition coefficient (Wildman–Crippen LogP) is 1.61. The summed E-state index contributed by atoms with van der Waals surface area (Å²) in [4.78, 5) is 11.8. The first-order chi connectivity index (χ1) is 7.66. The molecule has 17 heavy (non-hydrogen) atoms. The van der Waals surface area contributed by atoms with Gasteiger partial charge in [-0.2, -0.15) is 0 Å². The lowest BCUT2D eigenvalue weighted by atomic mass is 9.88. The van der Waals surface area contributed by atoms with Gasteiger partial charge in [0.2, 0.25) is 5.91 Å². The van der Waals surface area contributed by atoms with Crippen LogP contribution in [0.15, 0.2) is 24.3 Å². The van der Waals surface area contributed by atoms with Crippen LogP contribution in [0, 0.1) is 11.8 Å². The largest absolute Gasteiger partial charge is 0.508 e. The van der Waals surface area contributed by atoms with Crippen LogP contribution < -0.4 is 10.6 Å². The quantitative estimate of drug-likeness (QED) is 0.720. The average Bonchev–Trinajstić information content (AvgIpc) is 2.19. The van der Waals surface area contributed by atoms with Gasteiger partial charge in [0.1, 0.15) is 5.75 Å². The molecule has 5 heteroatoms. The highest BCUT2D eigenvalue weighted by Gasteiger charge is 2.28. The van der Waals surface area contributed by atoms with Gasteiger partial charge >= 0.3 is 0 Å². The second kappa shape index (κ2) is 5.89. The lowest BCUT2D eigenvalue weighted by molar-refractivity contribution is -0.121. The summed E-state index contributed by atoms with van der Waals surface area (Å²) in [5.41, 5.74) is 0.724. The number of anilines is 1. The number of carbonyl (C=O) groups is 1. The van der Waals surface area contributed by atoms with Crippen LogP contribution in [-0.4, -0.2) is 24.1 Å². The van der Waals surface area contributed by atoms with Gasteiger partial charge in [-0.3, -0.25) is 4.79 Å². The van der Waals surface area contributed by atoms with E-state index in [1.165, 1.54) is 0 Å². The lowest BCUT2D eigenvalue weighted by Crippen LogP contribution is -2.48. The maximum atomic E-state index is 11.8. The molecule has 4 nitrogen and oxygen atoms in total. The Kier molecular flexibility index (Phi) is 4.78. The van der Waals surface area contributed by atoms with Gasteiger partial charge in [0, 0.05) is 11.6 Å². The molecule has 1 heterocycles. The SMILES string of the molecule is CC(C(=O)Nc1ccc(O)cc1)C1CNC1.Cl. The smallest absolute Gasteiger partial charge is 0.227 e. The number of rotatable bonds is 3. The van der Waals surface area contributed by atoms with E-state index in [4.69, 9.17) is 5.11 Å². The van der Waals surface area contributed by atoms with E-state index in [-0.39, 0.29) is 30.0 Å². The van der Waals surface area contributed by atoms with E-state index >= 15 is 0 Å². The fourth-order valence-electron chi connectivity index (χ4n) is 1.68. The van der Waals surface area contributed by atoms with Crippen molar-refractivity contribution in [2.75, 3.05) is 18.4 Å². The van der Waals surface area contributed by atoms with E-state index < -0.39 is 0 Å². The van der Waals surface area contributed by atoms with Gasteiger partial charge in [-0.15, -0.1) is 12.4 Å². The molecule has 0 aliphatic carbocycles. The summed E-state index contributed by atoms with van der Waals surface area (Å²) >= 11 is 0. The zero-order chi connectivity index (χ0) is 11.5. The lowest BCUT2D eigenvalue weighted by Gasteiger charge is -2.31. The molecule has 1 aromatic carbocycles. The van der Waals surface area contributed by atoms with Crippen LogP contribution in [0.3, 0.4) is 0 Å². The summed E-state index contributed by atoms with van der Waals surface area (Å²) in [6.07, 6.45) is 0. The average molecular weight is 257 g/mol. The summed E-state index contributed by atoms with van der Waals surface area (Å²) in [5.74, 6) is 0.707. The highest BCUT2D eigenvalue weighted by molar-refractivity contribution is 5.92. The van der Waals surface area contributed by atoms with E-state index in [1.54, 1.807) is 24.3 Å². The molecule has 3 N–H and O–H groups in total. The second-order valence-corrected chi connectivity index (χ2v) is 4.24. The third kappa shape index (κ3) is 3.35. The zero-order valence-corrected chi connectivity index (χ0v) is 10.5. The summed E-state index contributed by atoms with van der Waals surface area (Å²) in [5, 5.41) is 15.1. The number of benzene rings is 1. The van der Waals surface area contributed by atoms with Crippen molar-refractivity contribution in [3.8, 4) is 5.75 Å². The number of carbonyl (C=O) groups excluding carboxylic acids is 1.